The number of amides is 1. The van der Waals surface area contributed by atoms with Crippen molar-refractivity contribution in [3.63, 3.8) is 0 Å². The van der Waals surface area contributed by atoms with Gasteiger partial charge in [-0.05, 0) is 31.2 Å². The quantitative estimate of drug-likeness (QED) is 0.674. The Morgan fingerprint density at radius 3 is 2.86 bits per heavy atom. The second kappa shape index (κ2) is 7.24. The van der Waals surface area contributed by atoms with Gasteiger partial charge in [0, 0.05) is 11.6 Å². The molecule has 0 radical (unpaired) electrons. The van der Waals surface area contributed by atoms with Crippen molar-refractivity contribution in [2.24, 2.45) is 5.92 Å². The number of carbonyl (C=O) groups is 2. The molecule has 2 aromatic heterocycles. The molecule has 2 rings (SSSR count). The topological polar surface area (TPSA) is 95.7 Å². The lowest BCUT2D eigenvalue weighted by Gasteiger charge is -2.06. The minimum atomic E-state index is -1.42. The highest BCUT2D eigenvalue weighted by Crippen LogP contribution is 2.11. The summed E-state index contributed by atoms with van der Waals surface area (Å²) >= 11 is 1.45. The molecule has 0 unspecified atom stereocenters. The van der Waals surface area contributed by atoms with E-state index in [0.29, 0.717) is 11.5 Å². The second-order valence-corrected chi connectivity index (χ2v) is 5.36. The fourth-order valence-corrected chi connectivity index (χ4v) is 2.19. The van der Waals surface area contributed by atoms with E-state index in [1.165, 1.54) is 29.7 Å². The predicted molar refractivity (Wildman–Crippen MR) is 82.9 cm³/mol. The van der Waals surface area contributed by atoms with Crippen LogP contribution in [-0.4, -0.2) is 21.7 Å². The van der Waals surface area contributed by atoms with Crippen molar-refractivity contribution >= 4 is 34.9 Å². The average molecular weight is 312 g/mol. The zero-order valence-corrected chi connectivity index (χ0v) is 12.5. The van der Waals surface area contributed by atoms with Crippen molar-refractivity contribution in [2.75, 3.05) is 5.32 Å². The summed E-state index contributed by atoms with van der Waals surface area (Å²) in [6.45, 7) is 1.85. The van der Waals surface area contributed by atoms with E-state index in [1.807, 2.05) is 6.92 Å². The molecule has 0 aliphatic heterocycles. The van der Waals surface area contributed by atoms with E-state index in [0.717, 1.165) is 5.01 Å². The Morgan fingerprint density at radius 1 is 1.45 bits per heavy atom. The molecule has 110 valence electrons. The van der Waals surface area contributed by atoms with Crippen LogP contribution in [0, 0.1) is 24.2 Å². The van der Waals surface area contributed by atoms with Crippen molar-refractivity contribution in [1.82, 2.24) is 9.97 Å². The van der Waals surface area contributed by atoms with Crippen LogP contribution < -0.4 is 5.32 Å². The Hall–Kier alpha value is -2.85. The molecule has 0 saturated heterocycles. The molecule has 1 amide bonds. The van der Waals surface area contributed by atoms with Gasteiger partial charge in [-0.2, -0.15) is 5.26 Å². The third-order valence-electron chi connectivity index (χ3n) is 2.65. The molecule has 1 atom stereocenters. The molecule has 0 bridgehead atoms. The van der Waals surface area contributed by atoms with Gasteiger partial charge in [-0.25, -0.2) is 9.97 Å². The van der Waals surface area contributed by atoms with Crippen molar-refractivity contribution < 1.29 is 9.59 Å². The molecule has 0 spiro atoms. The number of rotatable bonds is 5. The van der Waals surface area contributed by atoms with E-state index in [4.69, 9.17) is 5.26 Å². The number of allylic oxidation sites excluding steroid dienone is 1. The fourth-order valence-electron chi connectivity index (χ4n) is 1.61. The second-order valence-electron chi connectivity index (χ2n) is 4.29. The molecule has 0 fully saturated rings. The van der Waals surface area contributed by atoms with Gasteiger partial charge in [0.25, 0.3) is 5.91 Å². The lowest BCUT2D eigenvalue weighted by molar-refractivity contribution is -0.126. The minimum absolute atomic E-state index is 0.291. The number of nitrogens with zero attached hydrogens (tertiary/aromatic N) is 3. The number of aromatic nitrogens is 2. The van der Waals surface area contributed by atoms with Crippen LogP contribution in [0.25, 0.3) is 6.08 Å². The number of thiazole rings is 1. The van der Waals surface area contributed by atoms with Crippen LogP contribution in [0.15, 0.2) is 35.9 Å². The summed E-state index contributed by atoms with van der Waals surface area (Å²) in [4.78, 5) is 32.0. The number of anilines is 1. The van der Waals surface area contributed by atoms with Gasteiger partial charge in [0.2, 0.25) is 0 Å². The molecule has 0 aromatic carbocycles. The largest absolute Gasteiger partial charge is 0.309 e. The van der Waals surface area contributed by atoms with Crippen LogP contribution in [0.2, 0.25) is 0 Å². The number of hydrogen-bond donors (Lipinski definition) is 1. The standard InChI is InChI=1S/C15H12N4O2S/c1-10-18-11(9-22-10)5-6-13(20)12(8-16)15(21)19-14-4-2-3-7-17-14/h2-7,9,12H,1H3,(H,17,19,21)/b6-5-/t12-/m0/s1. The summed E-state index contributed by atoms with van der Waals surface area (Å²) in [5.74, 6) is -2.43. The zero-order valence-electron chi connectivity index (χ0n) is 11.7. The molecule has 0 aliphatic rings. The highest BCUT2D eigenvalue weighted by atomic mass is 32.1. The summed E-state index contributed by atoms with van der Waals surface area (Å²) in [5, 5.41) is 14.1. The van der Waals surface area contributed by atoms with E-state index in [-0.39, 0.29) is 0 Å². The molecule has 22 heavy (non-hydrogen) atoms. The lowest BCUT2D eigenvalue weighted by atomic mass is 10.0. The van der Waals surface area contributed by atoms with E-state index >= 15 is 0 Å². The van der Waals surface area contributed by atoms with Crippen molar-refractivity contribution in [3.8, 4) is 6.07 Å². The maximum atomic E-state index is 12.0. The molecule has 7 heteroatoms. The first-order chi connectivity index (χ1) is 10.6. The third-order valence-corrected chi connectivity index (χ3v) is 3.44. The van der Waals surface area contributed by atoms with Gasteiger partial charge in [-0.15, -0.1) is 11.3 Å². The SMILES string of the molecule is Cc1nc(/C=C\C(=O)[C@H](C#N)C(=O)Nc2ccccn2)cs1. The number of ketones is 1. The first-order valence-electron chi connectivity index (χ1n) is 6.35. The Balaban J connectivity index is 2.04. The number of aryl methyl sites for hydroxylation is 1. The predicted octanol–water partition coefficient (Wildman–Crippen LogP) is 2.21. The van der Waals surface area contributed by atoms with E-state index in [9.17, 15) is 9.59 Å². The van der Waals surface area contributed by atoms with E-state index < -0.39 is 17.6 Å². The molecular formula is C15H12N4O2S. The number of nitriles is 1. The van der Waals surface area contributed by atoms with Gasteiger partial charge in [-0.3, -0.25) is 9.59 Å². The van der Waals surface area contributed by atoms with Gasteiger partial charge >= 0.3 is 0 Å². The highest BCUT2D eigenvalue weighted by Gasteiger charge is 2.24. The first kappa shape index (κ1) is 15.5. The van der Waals surface area contributed by atoms with Gasteiger partial charge in [0.1, 0.15) is 5.82 Å². The van der Waals surface area contributed by atoms with E-state index in [2.05, 4.69) is 15.3 Å². The summed E-state index contributed by atoms with van der Waals surface area (Å²) in [6.07, 6.45) is 4.19. The molecule has 2 aromatic rings. The number of carbonyl (C=O) groups excluding carboxylic acids is 2. The normalized spacial score (nSPS) is 11.8. The smallest absolute Gasteiger partial charge is 0.250 e. The molecule has 0 aliphatic carbocycles. The molecule has 0 saturated carbocycles. The van der Waals surface area contributed by atoms with Crippen LogP contribution in [0.1, 0.15) is 10.7 Å². The van der Waals surface area contributed by atoms with E-state index in [1.54, 1.807) is 29.6 Å². The van der Waals surface area contributed by atoms with Gasteiger partial charge in [-0.1, -0.05) is 6.07 Å². The molecular weight excluding hydrogens is 300 g/mol. The number of pyridine rings is 1. The third kappa shape index (κ3) is 4.07. The van der Waals surface area contributed by atoms with Gasteiger partial charge < -0.3 is 5.32 Å². The van der Waals surface area contributed by atoms with Crippen molar-refractivity contribution in [1.29, 1.82) is 5.26 Å². The maximum Gasteiger partial charge on any atom is 0.250 e. The van der Waals surface area contributed by atoms with Crippen molar-refractivity contribution in [2.45, 2.75) is 6.92 Å². The summed E-state index contributed by atoms with van der Waals surface area (Å²) in [5.41, 5.74) is 0.623. The van der Waals surface area contributed by atoms with Crippen molar-refractivity contribution in [3.05, 3.63) is 46.6 Å². The Kier molecular flexibility index (Phi) is 5.11. The van der Waals surface area contributed by atoms with Crippen LogP contribution in [0.5, 0.6) is 0 Å². The lowest BCUT2D eigenvalue weighted by Crippen LogP contribution is -2.27. The zero-order chi connectivity index (χ0) is 15.9. The maximum absolute atomic E-state index is 12.0. The Bertz CT molecular complexity index is 746. The first-order valence-corrected chi connectivity index (χ1v) is 7.23. The number of hydrogen-bond acceptors (Lipinski definition) is 6. The summed E-state index contributed by atoms with van der Waals surface area (Å²) in [7, 11) is 0. The summed E-state index contributed by atoms with van der Waals surface area (Å²) in [6, 6.07) is 6.67. The van der Waals surface area contributed by atoms with Gasteiger partial charge in [0.15, 0.2) is 11.7 Å². The molecule has 6 nitrogen and oxygen atoms in total. The van der Waals surface area contributed by atoms with Gasteiger partial charge in [0.05, 0.1) is 16.8 Å². The molecule has 2 heterocycles. The minimum Gasteiger partial charge on any atom is -0.309 e. The Labute approximate surface area is 131 Å². The monoisotopic (exact) mass is 312 g/mol. The van der Waals surface area contributed by atoms with Crippen LogP contribution in [-0.2, 0) is 9.59 Å². The summed E-state index contributed by atoms with van der Waals surface area (Å²) < 4.78 is 0. The van der Waals surface area contributed by atoms with Crippen LogP contribution >= 0.6 is 11.3 Å². The average Bonchev–Trinajstić information content (AvgIpc) is 2.92. The fraction of sp³-hybridized carbons (Fsp3) is 0.133. The highest BCUT2D eigenvalue weighted by molar-refractivity contribution is 7.09. The van der Waals surface area contributed by atoms with Crippen LogP contribution in [0.4, 0.5) is 5.82 Å². The van der Waals surface area contributed by atoms with Crippen LogP contribution in [0.3, 0.4) is 0 Å². The Morgan fingerprint density at radius 2 is 2.27 bits per heavy atom. The molecule has 1 N–H and O–H groups in total. The number of nitrogens with one attached hydrogen (secondary N) is 1.